The van der Waals surface area contributed by atoms with Gasteiger partial charge in [-0.1, -0.05) is 32.8 Å². The third-order valence-electron chi connectivity index (χ3n) is 4.19. The summed E-state index contributed by atoms with van der Waals surface area (Å²) < 4.78 is 27.9. The first kappa shape index (κ1) is 18.1. The lowest BCUT2D eigenvalue weighted by Gasteiger charge is -2.23. The van der Waals surface area contributed by atoms with Gasteiger partial charge in [-0.25, -0.2) is 13.1 Å². The molecule has 1 rings (SSSR count). The summed E-state index contributed by atoms with van der Waals surface area (Å²) in [4.78, 5) is 0.259. The topological polar surface area (TPSA) is 66.4 Å². The number of benzene rings is 1. The molecule has 0 fully saturated rings. The Balaban J connectivity index is 3.14. The highest BCUT2D eigenvalue weighted by Crippen LogP contribution is 2.22. The Morgan fingerprint density at radius 2 is 1.71 bits per heavy atom. The number of hydrogen-bond donors (Lipinski definition) is 2. The lowest BCUT2D eigenvalue weighted by molar-refractivity contribution is 0.280. The number of aliphatic hydroxyl groups excluding tert-OH is 1. The van der Waals surface area contributed by atoms with Crippen molar-refractivity contribution in [3.05, 3.63) is 28.8 Å². The van der Waals surface area contributed by atoms with E-state index in [0.717, 1.165) is 18.4 Å². The summed E-state index contributed by atoms with van der Waals surface area (Å²) >= 11 is 0. The molecule has 0 radical (unpaired) electrons. The molecule has 0 spiro atoms. The van der Waals surface area contributed by atoms with E-state index >= 15 is 0 Å². The molecule has 0 aliphatic carbocycles. The molecule has 21 heavy (non-hydrogen) atoms. The summed E-state index contributed by atoms with van der Waals surface area (Å²) in [5.41, 5.74) is 2.26. The van der Waals surface area contributed by atoms with Gasteiger partial charge in [0.25, 0.3) is 0 Å². The molecule has 0 bridgehead atoms. The molecule has 2 N–H and O–H groups in total. The van der Waals surface area contributed by atoms with Crippen LogP contribution in [0.4, 0.5) is 0 Å². The van der Waals surface area contributed by atoms with Crippen LogP contribution in [0.25, 0.3) is 0 Å². The summed E-state index contributed by atoms with van der Waals surface area (Å²) in [5, 5.41) is 9.33. The molecule has 1 unspecified atom stereocenters. The zero-order valence-electron chi connectivity index (χ0n) is 13.6. The zero-order valence-corrected chi connectivity index (χ0v) is 14.4. The number of hydrogen-bond acceptors (Lipinski definition) is 3. The second kappa shape index (κ2) is 7.38. The third kappa shape index (κ3) is 4.28. The van der Waals surface area contributed by atoms with Crippen molar-refractivity contribution in [2.75, 3.05) is 0 Å². The fourth-order valence-corrected chi connectivity index (χ4v) is 4.32. The van der Waals surface area contributed by atoms with Crippen molar-refractivity contribution < 1.29 is 13.5 Å². The number of aliphatic hydroxyl groups is 1. The minimum absolute atomic E-state index is 0.108. The summed E-state index contributed by atoms with van der Waals surface area (Å²) in [6, 6.07) is 3.28. The second-order valence-electron chi connectivity index (χ2n) is 5.69. The van der Waals surface area contributed by atoms with Crippen LogP contribution in [0.5, 0.6) is 0 Å². The summed E-state index contributed by atoms with van der Waals surface area (Å²) in [6.45, 7) is 9.54. The lowest BCUT2D eigenvalue weighted by Crippen LogP contribution is -2.38. The Morgan fingerprint density at radius 1 is 1.14 bits per heavy atom. The quantitative estimate of drug-likeness (QED) is 0.813. The van der Waals surface area contributed by atoms with E-state index in [4.69, 9.17) is 0 Å². The van der Waals surface area contributed by atoms with Gasteiger partial charge in [0, 0.05) is 6.04 Å². The van der Waals surface area contributed by atoms with E-state index in [-0.39, 0.29) is 17.5 Å². The van der Waals surface area contributed by atoms with Crippen LogP contribution in [-0.4, -0.2) is 19.6 Å². The van der Waals surface area contributed by atoms with Crippen LogP contribution in [0.15, 0.2) is 17.0 Å². The number of nitrogens with one attached hydrogen (secondary N) is 1. The van der Waals surface area contributed by atoms with Gasteiger partial charge in [0.1, 0.15) is 0 Å². The zero-order chi connectivity index (χ0) is 16.2. The van der Waals surface area contributed by atoms with Gasteiger partial charge in [0.15, 0.2) is 0 Å². The van der Waals surface area contributed by atoms with Crippen LogP contribution < -0.4 is 4.72 Å². The molecule has 0 saturated heterocycles. The van der Waals surface area contributed by atoms with Crippen molar-refractivity contribution in [1.82, 2.24) is 4.72 Å². The molecule has 0 aromatic heterocycles. The van der Waals surface area contributed by atoms with Gasteiger partial charge < -0.3 is 5.11 Å². The normalized spacial score (nSPS) is 13.7. The maximum Gasteiger partial charge on any atom is 0.241 e. The Labute approximate surface area is 128 Å². The van der Waals surface area contributed by atoms with E-state index in [0.29, 0.717) is 17.0 Å². The lowest BCUT2D eigenvalue weighted by atomic mass is 9.96. The Kier molecular flexibility index (Phi) is 6.38. The second-order valence-corrected chi connectivity index (χ2v) is 7.37. The minimum Gasteiger partial charge on any atom is -0.392 e. The first-order valence-electron chi connectivity index (χ1n) is 7.50. The molecular weight excluding hydrogens is 286 g/mol. The molecule has 0 amide bonds. The van der Waals surface area contributed by atoms with Crippen LogP contribution >= 0.6 is 0 Å². The molecule has 1 atom stereocenters. The van der Waals surface area contributed by atoms with Crippen molar-refractivity contribution in [2.45, 2.75) is 65.0 Å². The van der Waals surface area contributed by atoms with Crippen molar-refractivity contribution in [1.29, 1.82) is 0 Å². The van der Waals surface area contributed by atoms with E-state index in [1.54, 1.807) is 13.0 Å². The predicted octanol–water partition coefficient (Wildman–Crippen LogP) is 2.90. The van der Waals surface area contributed by atoms with Crippen LogP contribution in [0.1, 0.15) is 50.3 Å². The van der Waals surface area contributed by atoms with Gasteiger partial charge in [-0.3, -0.25) is 0 Å². The molecule has 1 aromatic rings. The Bertz CT molecular complexity index is 577. The highest BCUT2D eigenvalue weighted by Gasteiger charge is 2.23. The highest BCUT2D eigenvalue weighted by atomic mass is 32.2. The highest BCUT2D eigenvalue weighted by molar-refractivity contribution is 7.89. The van der Waals surface area contributed by atoms with Gasteiger partial charge >= 0.3 is 0 Å². The van der Waals surface area contributed by atoms with E-state index in [2.05, 4.69) is 18.6 Å². The van der Waals surface area contributed by atoms with Crippen LogP contribution in [-0.2, 0) is 16.6 Å². The molecule has 120 valence electrons. The molecular formula is C16H27NO3S. The van der Waals surface area contributed by atoms with E-state index in [9.17, 15) is 13.5 Å². The third-order valence-corrected chi connectivity index (χ3v) is 5.89. The Hall–Kier alpha value is -0.910. The van der Waals surface area contributed by atoms with Gasteiger partial charge in [-0.2, -0.15) is 0 Å². The van der Waals surface area contributed by atoms with E-state index < -0.39 is 10.0 Å². The smallest absolute Gasteiger partial charge is 0.241 e. The minimum atomic E-state index is -3.57. The van der Waals surface area contributed by atoms with Gasteiger partial charge in [0.2, 0.25) is 10.0 Å². The van der Waals surface area contributed by atoms with Crippen LogP contribution in [0.2, 0.25) is 0 Å². The maximum absolute atomic E-state index is 12.6. The molecule has 4 nitrogen and oxygen atoms in total. The Morgan fingerprint density at radius 3 is 2.19 bits per heavy atom. The summed E-state index contributed by atoms with van der Waals surface area (Å²) in [7, 11) is -3.57. The van der Waals surface area contributed by atoms with Crippen molar-refractivity contribution >= 4 is 10.0 Å². The first-order chi connectivity index (χ1) is 9.76. The van der Waals surface area contributed by atoms with Crippen LogP contribution in [0, 0.1) is 19.8 Å². The molecule has 0 aliphatic heterocycles. The molecule has 0 saturated carbocycles. The summed E-state index contributed by atoms with van der Waals surface area (Å²) in [6.07, 6.45) is 1.88. The predicted molar refractivity (Wildman–Crippen MR) is 85.7 cm³/mol. The van der Waals surface area contributed by atoms with E-state index in [1.807, 2.05) is 19.9 Å². The monoisotopic (exact) mass is 313 g/mol. The van der Waals surface area contributed by atoms with Crippen molar-refractivity contribution in [3.8, 4) is 0 Å². The number of sulfonamides is 1. The standard InChI is InChI=1S/C16H27NO3S/c1-6-14(7-2)13(5)17-21(19,20)16-9-15(10-18)11(3)8-12(16)4/h8-9,13-14,17-18H,6-7,10H2,1-5H3. The average molecular weight is 313 g/mol. The van der Waals surface area contributed by atoms with Crippen molar-refractivity contribution in [3.63, 3.8) is 0 Å². The maximum atomic E-state index is 12.6. The SMILES string of the molecule is CCC(CC)C(C)NS(=O)(=O)c1cc(CO)c(C)cc1C. The van der Waals surface area contributed by atoms with Crippen molar-refractivity contribution in [2.24, 2.45) is 5.92 Å². The van der Waals surface area contributed by atoms with Gasteiger partial charge in [-0.15, -0.1) is 0 Å². The molecule has 5 heteroatoms. The average Bonchev–Trinajstić information content (AvgIpc) is 2.39. The fourth-order valence-electron chi connectivity index (χ4n) is 2.73. The van der Waals surface area contributed by atoms with E-state index in [1.165, 1.54) is 0 Å². The first-order valence-corrected chi connectivity index (χ1v) is 8.98. The van der Waals surface area contributed by atoms with Crippen LogP contribution in [0.3, 0.4) is 0 Å². The molecule has 1 aromatic carbocycles. The number of aryl methyl sites for hydroxylation is 2. The molecule has 0 heterocycles. The molecule has 0 aliphatic rings. The van der Waals surface area contributed by atoms with Gasteiger partial charge in [-0.05, 0) is 49.4 Å². The van der Waals surface area contributed by atoms with Gasteiger partial charge in [0.05, 0.1) is 11.5 Å². The number of rotatable bonds is 7. The largest absolute Gasteiger partial charge is 0.392 e. The summed E-state index contributed by atoms with van der Waals surface area (Å²) in [5.74, 6) is 0.322. The fraction of sp³-hybridized carbons (Fsp3) is 0.625.